The molecule has 3 heterocycles. The van der Waals surface area contributed by atoms with Gasteiger partial charge in [-0.3, -0.25) is 0 Å². The number of hydrogen-bond donors (Lipinski definition) is 0. The molecule has 0 spiro atoms. The molecule has 0 amide bonds. The average Bonchev–Trinajstić information content (AvgIpc) is 3.42. The molecule has 9 rings (SSSR count). The van der Waals surface area contributed by atoms with Crippen LogP contribution in [0.5, 0.6) is 0 Å². The van der Waals surface area contributed by atoms with Crippen LogP contribution in [0, 0.1) is 0 Å². The summed E-state index contributed by atoms with van der Waals surface area (Å²) in [6, 6.07) is 43.0. The lowest BCUT2D eigenvalue weighted by Crippen LogP contribution is -1.99. The Balaban J connectivity index is 1.39. The molecule has 0 aliphatic heterocycles. The maximum atomic E-state index is 6.43. The first-order chi connectivity index (χ1) is 20.3. The van der Waals surface area contributed by atoms with Crippen molar-refractivity contribution in [3.63, 3.8) is 0 Å². The van der Waals surface area contributed by atoms with E-state index >= 15 is 0 Å². The van der Waals surface area contributed by atoms with E-state index in [1.54, 1.807) is 0 Å². The van der Waals surface area contributed by atoms with Crippen LogP contribution >= 0.6 is 0 Å². The van der Waals surface area contributed by atoms with Gasteiger partial charge in [0.2, 0.25) is 0 Å². The lowest BCUT2D eigenvalue weighted by atomic mass is 9.80. The molecule has 0 radical (unpaired) electrons. The van der Waals surface area contributed by atoms with Gasteiger partial charge in [0.1, 0.15) is 11.2 Å². The molecular formula is C38H22N2O. The second kappa shape index (κ2) is 8.48. The fourth-order valence-electron chi connectivity index (χ4n) is 6.56. The van der Waals surface area contributed by atoms with Gasteiger partial charge >= 0.3 is 0 Å². The standard InChI is InChI=1S/C38H22N2O/c1-2-11-27-25(9-1)26-10-3-4-13-30(26)36-32-16-8-20-39-38(32)40-22-34(36)28-19-18-23(21-33(27)28)24-14-7-15-31-29-12-5-6-17-35(29)41-37(24)31/h1-22H. The quantitative estimate of drug-likeness (QED) is 0.215. The van der Waals surface area contributed by atoms with Crippen LogP contribution in [0.3, 0.4) is 0 Å². The molecule has 0 N–H and O–H groups in total. The number of para-hydroxylation sites is 2. The Bertz CT molecular complexity index is 2330. The van der Waals surface area contributed by atoms with E-state index in [0.717, 1.165) is 55.2 Å². The highest BCUT2D eigenvalue weighted by atomic mass is 16.3. The largest absolute Gasteiger partial charge is 0.455 e. The van der Waals surface area contributed by atoms with Gasteiger partial charge < -0.3 is 4.42 Å². The second-order valence-corrected chi connectivity index (χ2v) is 10.6. The molecule has 0 atom stereocenters. The smallest absolute Gasteiger partial charge is 0.159 e. The Morgan fingerprint density at radius 2 is 1.10 bits per heavy atom. The summed E-state index contributed by atoms with van der Waals surface area (Å²) in [6.45, 7) is 0. The van der Waals surface area contributed by atoms with Gasteiger partial charge in [0.15, 0.2) is 5.65 Å². The third-order valence-electron chi connectivity index (χ3n) is 8.37. The first-order valence-corrected chi connectivity index (χ1v) is 13.8. The van der Waals surface area contributed by atoms with Gasteiger partial charge in [-0.05, 0) is 63.2 Å². The van der Waals surface area contributed by atoms with Crippen molar-refractivity contribution in [3.05, 3.63) is 134 Å². The SMILES string of the molecule is c1ccc2c(c1)-c1cc(-c3cccc4c3oc3ccccc34)ccc1-c1cnc3ncccc3c1-c1ccccc1-2. The molecule has 3 nitrogen and oxygen atoms in total. The van der Waals surface area contributed by atoms with Crippen molar-refractivity contribution < 1.29 is 4.42 Å². The summed E-state index contributed by atoms with van der Waals surface area (Å²) in [4.78, 5) is 9.41. The molecule has 0 saturated heterocycles. The number of hydrogen-bond acceptors (Lipinski definition) is 3. The zero-order valence-corrected chi connectivity index (χ0v) is 22.0. The Kier molecular flexibility index (Phi) is 4.61. The fraction of sp³-hybridized carbons (Fsp3) is 0. The molecule has 5 aromatic carbocycles. The number of furan rings is 1. The normalized spacial score (nSPS) is 11.9. The summed E-state index contributed by atoms with van der Waals surface area (Å²) in [5.41, 5.74) is 14.2. The zero-order valence-electron chi connectivity index (χ0n) is 22.0. The summed E-state index contributed by atoms with van der Waals surface area (Å²) in [6.07, 6.45) is 3.80. The van der Waals surface area contributed by atoms with Crippen molar-refractivity contribution in [3.8, 4) is 55.6 Å². The van der Waals surface area contributed by atoms with E-state index in [2.05, 4.69) is 108 Å². The van der Waals surface area contributed by atoms with Crippen molar-refractivity contribution in [1.29, 1.82) is 0 Å². The van der Waals surface area contributed by atoms with Crippen LogP contribution in [0.25, 0.3) is 88.6 Å². The molecule has 0 bridgehead atoms. The topological polar surface area (TPSA) is 38.9 Å². The summed E-state index contributed by atoms with van der Waals surface area (Å²) >= 11 is 0. The monoisotopic (exact) mass is 522 g/mol. The van der Waals surface area contributed by atoms with Gasteiger partial charge in [0, 0.05) is 45.2 Å². The van der Waals surface area contributed by atoms with Crippen LogP contribution in [0.4, 0.5) is 0 Å². The highest BCUT2D eigenvalue weighted by Crippen LogP contribution is 2.50. The van der Waals surface area contributed by atoms with E-state index in [-0.39, 0.29) is 0 Å². The minimum Gasteiger partial charge on any atom is -0.455 e. The average molecular weight is 523 g/mol. The van der Waals surface area contributed by atoms with E-state index < -0.39 is 0 Å². The maximum Gasteiger partial charge on any atom is 0.159 e. The van der Waals surface area contributed by atoms with Crippen LogP contribution in [0.2, 0.25) is 0 Å². The molecule has 0 saturated carbocycles. The van der Waals surface area contributed by atoms with Crippen LogP contribution in [0.1, 0.15) is 0 Å². The Morgan fingerprint density at radius 1 is 0.439 bits per heavy atom. The minimum atomic E-state index is 0.754. The highest BCUT2D eigenvalue weighted by molar-refractivity contribution is 6.12. The predicted molar refractivity (Wildman–Crippen MR) is 168 cm³/mol. The number of fused-ring (bicyclic) bond motifs is 13. The number of pyridine rings is 2. The van der Waals surface area contributed by atoms with Crippen LogP contribution in [-0.4, -0.2) is 9.97 Å². The number of benzene rings is 5. The maximum absolute atomic E-state index is 6.43. The summed E-state index contributed by atoms with van der Waals surface area (Å²) in [5.74, 6) is 0. The van der Waals surface area contributed by atoms with Crippen LogP contribution < -0.4 is 0 Å². The molecule has 190 valence electrons. The van der Waals surface area contributed by atoms with Crippen molar-refractivity contribution >= 4 is 33.0 Å². The van der Waals surface area contributed by atoms with Crippen molar-refractivity contribution in [2.45, 2.75) is 0 Å². The lowest BCUT2D eigenvalue weighted by molar-refractivity contribution is 0.670. The molecule has 3 aromatic heterocycles. The zero-order chi connectivity index (χ0) is 26.9. The third-order valence-corrected chi connectivity index (χ3v) is 8.37. The van der Waals surface area contributed by atoms with E-state index in [9.17, 15) is 0 Å². The Morgan fingerprint density at radius 3 is 1.98 bits per heavy atom. The second-order valence-electron chi connectivity index (χ2n) is 10.6. The number of aromatic nitrogens is 2. The summed E-state index contributed by atoms with van der Waals surface area (Å²) < 4.78 is 6.43. The molecule has 41 heavy (non-hydrogen) atoms. The number of rotatable bonds is 1. The van der Waals surface area contributed by atoms with Crippen LogP contribution in [0.15, 0.2) is 138 Å². The molecule has 0 unspecified atom stereocenters. The highest BCUT2D eigenvalue weighted by Gasteiger charge is 2.24. The van der Waals surface area contributed by atoms with Gasteiger partial charge in [-0.2, -0.15) is 0 Å². The first kappa shape index (κ1) is 22.3. The van der Waals surface area contributed by atoms with E-state index in [4.69, 9.17) is 9.40 Å². The van der Waals surface area contributed by atoms with Gasteiger partial charge in [0.05, 0.1) is 0 Å². The van der Waals surface area contributed by atoms with Gasteiger partial charge in [-0.25, -0.2) is 9.97 Å². The van der Waals surface area contributed by atoms with Crippen LogP contribution in [-0.2, 0) is 0 Å². The molecule has 0 fully saturated rings. The summed E-state index contributed by atoms with van der Waals surface area (Å²) in [5, 5.41) is 3.32. The van der Waals surface area contributed by atoms with Crippen molar-refractivity contribution in [2.75, 3.05) is 0 Å². The van der Waals surface area contributed by atoms with E-state index in [1.807, 2.05) is 30.6 Å². The first-order valence-electron chi connectivity index (χ1n) is 13.8. The molecular weight excluding hydrogens is 500 g/mol. The minimum absolute atomic E-state index is 0.754. The van der Waals surface area contributed by atoms with E-state index in [1.165, 1.54) is 33.4 Å². The van der Waals surface area contributed by atoms with E-state index in [0.29, 0.717) is 0 Å². The third kappa shape index (κ3) is 3.20. The molecule has 1 aliphatic carbocycles. The molecule has 8 aromatic rings. The Labute approximate surface area is 236 Å². The summed E-state index contributed by atoms with van der Waals surface area (Å²) in [7, 11) is 0. The van der Waals surface area contributed by atoms with Gasteiger partial charge in [-0.15, -0.1) is 0 Å². The lowest BCUT2D eigenvalue weighted by Gasteiger charge is -2.24. The van der Waals surface area contributed by atoms with Gasteiger partial charge in [-0.1, -0.05) is 97.1 Å². The Hall–Kier alpha value is -5.54. The predicted octanol–water partition coefficient (Wildman–Crippen LogP) is 10.2. The van der Waals surface area contributed by atoms with Gasteiger partial charge in [0.25, 0.3) is 0 Å². The molecule has 1 aliphatic rings. The van der Waals surface area contributed by atoms with Crippen molar-refractivity contribution in [2.24, 2.45) is 0 Å². The fourth-order valence-corrected chi connectivity index (χ4v) is 6.56. The van der Waals surface area contributed by atoms with Crippen molar-refractivity contribution in [1.82, 2.24) is 9.97 Å². The number of nitrogens with zero attached hydrogens (tertiary/aromatic N) is 2. The molecule has 3 heteroatoms.